The number of Topliss-reactive ketones (excluding diaryl/α,β-unsaturated/α-hetero) is 1. The van der Waals surface area contributed by atoms with Gasteiger partial charge in [-0.15, -0.1) is 0 Å². The molecule has 0 spiro atoms. The van der Waals surface area contributed by atoms with Gasteiger partial charge in [0.15, 0.2) is 0 Å². The highest BCUT2D eigenvalue weighted by Gasteiger charge is 2.21. The lowest BCUT2D eigenvalue weighted by molar-refractivity contribution is -0.119. The summed E-state index contributed by atoms with van der Waals surface area (Å²) in [5.41, 5.74) is 5.85. The quantitative estimate of drug-likeness (QED) is 0.252. The van der Waals surface area contributed by atoms with Crippen molar-refractivity contribution in [2.75, 3.05) is 18.0 Å². The highest BCUT2D eigenvalue weighted by atomic mass is 16.5. The number of hydrogen-bond donors (Lipinski definition) is 0. The summed E-state index contributed by atoms with van der Waals surface area (Å²) in [5.74, 6) is 1.30. The van der Waals surface area contributed by atoms with Gasteiger partial charge in [-0.1, -0.05) is 60.7 Å². The van der Waals surface area contributed by atoms with Crippen LogP contribution < -0.4 is 14.4 Å². The number of pyridine rings is 1. The zero-order valence-electron chi connectivity index (χ0n) is 21.9. The molecule has 6 rings (SSSR count). The van der Waals surface area contributed by atoms with Gasteiger partial charge in [-0.25, -0.2) is 0 Å². The molecule has 0 atom stereocenters. The van der Waals surface area contributed by atoms with E-state index in [4.69, 9.17) is 19.6 Å². The van der Waals surface area contributed by atoms with Crippen molar-refractivity contribution in [1.82, 2.24) is 14.8 Å². The number of hydrogen-bond acceptors (Lipinski definition) is 6. The molecule has 2 aromatic heterocycles. The molecule has 0 radical (unpaired) electrons. The summed E-state index contributed by atoms with van der Waals surface area (Å²) in [7, 11) is 1.95. The summed E-state index contributed by atoms with van der Waals surface area (Å²) < 4.78 is 14.2. The first-order valence-corrected chi connectivity index (χ1v) is 13.2. The standard InChI is InChI=1S/C32H30N4O3/c1-35-29-20-25(36-18-16-26(37)17-19-36)12-13-27(29)31(34-35)28-14-15-30(38-21-23-8-4-2-5-9-23)33-32(28)39-22-24-10-6-3-7-11-24/h2-15,20H,16-19,21-22H2,1H3. The third kappa shape index (κ3) is 5.48. The summed E-state index contributed by atoms with van der Waals surface area (Å²) in [4.78, 5) is 18.7. The predicted octanol–water partition coefficient (Wildman–Crippen LogP) is 5.96. The molecule has 1 saturated heterocycles. The Balaban J connectivity index is 1.33. The second-order valence-corrected chi connectivity index (χ2v) is 9.75. The van der Waals surface area contributed by atoms with E-state index in [1.54, 1.807) is 0 Å². The maximum Gasteiger partial charge on any atom is 0.226 e. The number of ether oxygens (including phenoxy) is 2. The lowest BCUT2D eigenvalue weighted by atomic mass is 10.1. The zero-order chi connectivity index (χ0) is 26.6. The Hall–Kier alpha value is -4.65. The molecule has 1 aliphatic heterocycles. The number of carbonyl (C=O) groups is 1. The molecule has 0 amide bonds. The molecular weight excluding hydrogens is 488 g/mol. The van der Waals surface area contributed by atoms with Crippen molar-refractivity contribution in [2.45, 2.75) is 26.1 Å². The molecule has 7 heteroatoms. The van der Waals surface area contributed by atoms with Gasteiger partial charge in [0, 0.05) is 50.1 Å². The Labute approximate surface area is 227 Å². The molecule has 3 aromatic carbocycles. The Morgan fingerprint density at radius 1 is 0.795 bits per heavy atom. The van der Waals surface area contributed by atoms with E-state index in [2.05, 4.69) is 23.1 Å². The number of fused-ring (bicyclic) bond motifs is 1. The average Bonchev–Trinajstić information content (AvgIpc) is 3.32. The Bertz CT molecular complexity index is 1590. The number of nitrogens with zero attached hydrogens (tertiary/aromatic N) is 4. The molecule has 0 saturated carbocycles. The maximum atomic E-state index is 11.7. The van der Waals surface area contributed by atoms with E-state index in [0.29, 0.717) is 43.6 Å². The first-order valence-electron chi connectivity index (χ1n) is 13.2. The van der Waals surface area contributed by atoms with Crippen molar-refractivity contribution in [3.05, 3.63) is 102 Å². The van der Waals surface area contributed by atoms with E-state index in [-0.39, 0.29) is 0 Å². The minimum Gasteiger partial charge on any atom is -0.473 e. The summed E-state index contributed by atoms with van der Waals surface area (Å²) in [6, 6.07) is 30.3. The minimum absolute atomic E-state index is 0.335. The number of ketones is 1. The van der Waals surface area contributed by atoms with Crippen molar-refractivity contribution < 1.29 is 14.3 Å². The molecule has 1 fully saturated rings. The second-order valence-electron chi connectivity index (χ2n) is 9.75. The summed E-state index contributed by atoms with van der Waals surface area (Å²) in [6.45, 7) is 2.30. The van der Waals surface area contributed by atoms with E-state index in [9.17, 15) is 4.79 Å². The van der Waals surface area contributed by atoms with Gasteiger partial charge in [0.2, 0.25) is 11.8 Å². The molecule has 0 unspecified atom stereocenters. The monoisotopic (exact) mass is 518 g/mol. The maximum absolute atomic E-state index is 11.7. The smallest absolute Gasteiger partial charge is 0.226 e. The third-order valence-electron chi connectivity index (χ3n) is 7.06. The van der Waals surface area contributed by atoms with Crippen LogP contribution in [0, 0.1) is 0 Å². The van der Waals surface area contributed by atoms with Gasteiger partial charge < -0.3 is 14.4 Å². The Morgan fingerprint density at radius 2 is 1.46 bits per heavy atom. The number of carbonyl (C=O) groups excluding carboxylic acids is 1. The normalized spacial score (nSPS) is 13.6. The van der Waals surface area contributed by atoms with Gasteiger partial charge in [0.25, 0.3) is 0 Å². The van der Waals surface area contributed by atoms with Gasteiger partial charge in [-0.2, -0.15) is 10.1 Å². The molecule has 196 valence electrons. The van der Waals surface area contributed by atoms with Crippen molar-refractivity contribution in [3.63, 3.8) is 0 Å². The van der Waals surface area contributed by atoms with Crippen LogP contribution in [-0.2, 0) is 25.1 Å². The second kappa shape index (κ2) is 11.0. The number of benzene rings is 3. The van der Waals surface area contributed by atoms with Crippen molar-refractivity contribution in [3.8, 4) is 23.0 Å². The fourth-order valence-electron chi connectivity index (χ4n) is 4.91. The SMILES string of the molecule is Cn1nc(-c2ccc(OCc3ccccc3)nc2OCc2ccccc2)c2ccc(N3CCC(=O)CC3)cc21. The first kappa shape index (κ1) is 24.7. The van der Waals surface area contributed by atoms with E-state index in [1.165, 1.54) is 0 Å². The van der Waals surface area contributed by atoms with E-state index in [1.807, 2.05) is 84.5 Å². The topological polar surface area (TPSA) is 69.5 Å². The van der Waals surface area contributed by atoms with Gasteiger partial charge in [-0.3, -0.25) is 9.48 Å². The summed E-state index contributed by atoms with van der Waals surface area (Å²) in [6.07, 6.45) is 1.20. The highest BCUT2D eigenvalue weighted by Crippen LogP contribution is 2.36. The van der Waals surface area contributed by atoms with Gasteiger partial charge in [-0.05, 0) is 35.4 Å². The molecule has 1 aliphatic rings. The molecular formula is C32H30N4O3. The van der Waals surface area contributed by atoms with E-state index < -0.39 is 0 Å². The molecule has 3 heterocycles. The van der Waals surface area contributed by atoms with Crippen molar-refractivity contribution in [2.24, 2.45) is 7.05 Å². The van der Waals surface area contributed by atoms with Gasteiger partial charge in [0.05, 0.1) is 11.1 Å². The predicted molar refractivity (Wildman–Crippen MR) is 152 cm³/mol. The lowest BCUT2D eigenvalue weighted by Gasteiger charge is -2.28. The van der Waals surface area contributed by atoms with Crippen molar-refractivity contribution >= 4 is 22.4 Å². The zero-order valence-corrected chi connectivity index (χ0v) is 21.9. The molecule has 0 aliphatic carbocycles. The number of piperidine rings is 1. The number of aryl methyl sites for hydroxylation is 1. The van der Waals surface area contributed by atoms with Crippen LogP contribution in [0.4, 0.5) is 5.69 Å². The van der Waals surface area contributed by atoms with Crippen LogP contribution in [0.25, 0.3) is 22.2 Å². The Morgan fingerprint density at radius 3 is 2.15 bits per heavy atom. The molecule has 0 bridgehead atoms. The highest BCUT2D eigenvalue weighted by molar-refractivity contribution is 5.96. The fourth-order valence-corrected chi connectivity index (χ4v) is 4.91. The first-order chi connectivity index (χ1) is 19.1. The Kier molecular flexibility index (Phi) is 6.95. The van der Waals surface area contributed by atoms with Gasteiger partial charge in [0.1, 0.15) is 24.7 Å². The van der Waals surface area contributed by atoms with Crippen LogP contribution in [0.3, 0.4) is 0 Å². The van der Waals surface area contributed by atoms with E-state index >= 15 is 0 Å². The summed E-state index contributed by atoms with van der Waals surface area (Å²) in [5, 5.41) is 5.89. The molecule has 0 N–H and O–H groups in total. The van der Waals surface area contributed by atoms with Crippen LogP contribution in [0.2, 0.25) is 0 Å². The van der Waals surface area contributed by atoms with Crippen LogP contribution in [-0.4, -0.2) is 33.6 Å². The number of rotatable bonds is 8. The fraction of sp³-hybridized carbons (Fsp3) is 0.219. The van der Waals surface area contributed by atoms with E-state index in [0.717, 1.165) is 52.1 Å². The van der Waals surface area contributed by atoms with Crippen LogP contribution in [0.5, 0.6) is 11.8 Å². The average molecular weight is 519 g/mol. The minimum atomic E-state index is 0.335. The molecule has 7 nitrogen and oxygen atoms in total. The van der Waals surface area contributed by atoms with Crippen molar-refractivity contribution in [1.29, 1.82) is 0 Å². The summed E-state index contributed by atoms with van der Waals surface area (Å²) >= 11 is 0. The largest absolute Gasteiger partial charge is 0.473 e. The van der Waals surface area contributed by atoms with Crippen LogP contribution in [0.15, 0.2) is 91.0 Å². The van der Waals surface area contributed by atoms with Gasteiger partial charge >= 0.3 is 0 Å². The third-order valence-corrected chi connectivity index (χ3v) is 7.06. The number of anilines is 1. The molecule has 5 aromatic rings. The molecule has 39 heavy (non-hydrogen) atoms. The number of aromatic nitrogens is 3. The van der Waals surface area contributed by atoms with Crippen LogP contribution in [0.1, 0.15) is 24.0 Å². The lowest BCUT2D eigenvalue weighted by Crippen LogP contribution is -2.33. The van der Waals surface area contributed by atoms with Crippen LogP contribution >= 0.6 is 0 Å².